The minimum atomic E-state index is -0.211. The number of hydrogen-bond acceptors (Lipinski definition) is 4. The second kappa shape index (κ2) is 5.62. The van der Waals surface area contributed by atoms with Gasteiger partial charge in [0, 0.05) is 31.1 Å². The molecule has 1 aromatic carbocycles. The first-order valence-corrected chi connectivity index (χ1v) is 6.50. The zero-order valence-corrected chi connectivity index (χ0v) is 11.5. The molecule has 6 nitrogen and oxygen atoms in total. The lowest BCUT2D eigenvalue weighted by Crippen LogP contribution is -2.26. The van der Waals surface area contributed by atoms with Crippen LogP contribution in [0.4, 0.5) is 0 Å². The van der Waals surface area contributed by atoms with Gasteiger partial charge in [0.2, 0.25) is 0 Å². The Bertz CT molecular complexity index is 719. The van der Waals surface area contributed by atoms with Gasteiger partial charge in [0.15, 0.2) is 11.5 Å². The highest BCUT2D eigenvalue weighted by molar-refractivity contribution is 5.92. The summed E-state index contributed by atoms with van der Waals surface area (Å²) >= 11 is 0. The molecule has 2 heterocycles. The van der Waals surface area contributed by atoms with Crippen LogP contribution in [0.25, 0.3) is 11.3 Å². The topological polar surface area (TPSA) is 75.0 Å². The largest absolute Gasteiger partial charge is 0.355 e. The molecule has 0 atom stereocenters. The van der Waals surface area contributed by atoms with Crippen molar-refractivity contribution in [3.05, 3.63) is 60.3 Å². The van der Waals surface area contributed by atoms with E-state index < -0.39 is 0 Å². The molecule has 1 amide bonds. The molecule has 6 heteroatoms. The third-order valence-electron chi connectivity index (χ3n) is 3.08. The lowest BCUT2D eigenvalue weighted by Gasteiger charge is -2.13. The number of hydrogen-bond donors (Lipinski definition) is 1. The van der Waals surface area contributed by atoms with E-state index in [0.717, 1.165) is 11.4 Å². The third-order valence-corrected chi connectivity index (χ3v) is 3.08. The van der Waals surface area contributed by atoms with Crippen LogP contribution in [0.5, 0.6) is 0 Å². The Balaban J connectivity index is 1.75. The van der Waals surface area contributed by atoms with Gasteiger partial charge in [-0.05, 0) is 0 Å². The molecule has 0 spiro atoms. The fourth-order valence-corrected chi connectivity index (χ4v) is 1.99. The van der Waals surface area contributed by atoms with Crippen LogP contribution in [0.2, 0.25) is 0 Å². The predicted molar refractivity (Wildman–Crippen MR) is 76.3 cm³/mol. The van der Waals surface area contributed by atoms with E-state index in [1.165, 1.54) is 4.90 Å². The van der Waals surface area contributed by atoms with Gasteiger partial charge in [0.1, 0.15) is 5.82 Å². The molecule has 0 radical (unpaired) electrons. The van der Waals surface area contributed by atoms with Gasteiger partial charge in [0.05, 0.1) is 6.54 Å². The van der Waals surface area contributed by atoms with Gasteiger partial charge in [0.25, 0.3) is 5.91 Å². The van der Waals surface area contributed by atoms with E-state index >= 15 is 0 Å². The summed E-state index contributed by atoms with van der Waals surface area (Å²) < 4.78 is 5.24. The molecule has 0 bridgehead atoms. The van der Waals surface area contributed by atoms with E-state index in [-0.39, 0.29) is 11.6 Å². The molecule has 0 fully saturated rings. The summed E-state index contributed by atoms with van der Waals surface area (Å²) in [5.74, 6) is 1.08. The lowest BCUT2D eigenvalue weighted by molar-refractivity contribution is 0.0771. The Morgan fingerprint density at radius 1 is 1.33 bits per heavy atom. The smallest absolute Gasteiger partial charge is 0.276 e. The van der Waals surface area contributed by atoms with Crippen LogP contribution in [0, 0.1) is 0 Å². The predicted octanol–water partition coefficient (Wildman–Crippen LogP) is 2.34. The number of imidazole rings is 1. The highest BCUT2D eigenvalue weighted by Gasteiger charge is 2.18. The molecule has 2 aromatic heterocycles. The number of carbonyl (C=O) groups excluding carboxylic acids is 1. The minimum Gasteiger partial charge on any atom is -0.355 e. The summed E-state index contributed by atoms with van der Waals surface area (Å²) in [7, 11) is 1.70. The molecule has 21 heavy (non-hydrogen) atoms. The van der Waals surface area contributed by atoms with Gasteiger partial charge >= 0.3 is 0 Å². The molecule has 3 rings (SSSR count). The monoisotopic (exact) mass is 282 g/mol. The number of nitrogens with zero attached hydrogens (tertiary/aromatic N) is 3. The summed E-state index contributed by atoms with van der Waals surface area (Å²) in [5.41, 5.74) is 1.17. The zero-order valence-electron chi connectivity index (χ0n) is 11.5. The molecular formula is C15H14N4O2. The Labute approximate surface area is 121 Å². The summed E-state index contributed by atoms with van der Waals surface area (Å²) in [6.07, 6.45) is 3.37. The van der Waals surface area contributed by atoms with Crippen molar-refractivity contribution in [3.8, 4) is 11.3 Å². The van der Waals surface area contributed by atoms with Gasteiger partial charge in [-0.25, -0.2) is 4.98 Å². The van der Waals surface area contributed by atoms with Crippen LogP contribution in [0.15, 0.2) is 53.3 Å². The maximum atomic E-state index is 12.3. The first-order valence-electron chi connectivity index (χ1n) is 6.50. The number of carbonyl (C=O) groups is 1. The summed E-state index contributed by atoms with van der Waals surface area (Å²) in [6.45, 7) is 0.388. The van der Waals surface area contributed by atoms with Crippen molar-refractivity contribution in [1.29, 1.82) is 0 Å². The number of benzene rings is 1. The first kappa shape index (κ1) is 13.1. The van der Waals surface area contributed by atoms with E-state index in [9.17, 15) is 4.79 Å². The highest BCUT2D eigenvalue weighted by atomic mass is 16.5. The SMILES string of the molecule is CN(Cc1ncc[nH]1)C(=O)c1cc(-c2ccccc2)on1. The Kier molecular flexibility index (Phi) is 3.51. The number of amides is 1. The van der Waals surface area contributed by atoms with E-state index in [1.54, 1.807) is 25.5 Å². The zero-order chi connectivity index (χ0) is 14.7. The van der Waals surface area contributed by atoms with Crippen LogP contribution in [0.1, 0.15) is 16.3 Å². The van der Waals surface area contributed by atoms with Crippen LogP contribution in [-0.4, -0.2) is 33.0 Å². The van der Waals surface area contributed by atoms with Gasteiger partial charge in [-0.1, -0.05) is 35.5 Å². The van der Waals surface area contributed by atoms with Gasteiger partial charge < -0.3 is 14.4 Å². The second-order valence-electron chi connectivity index (χ2n) is 4.64. The van der Waals surface area contributed by atoms with Gasteiger partial charge in [-0.2, -0.15) is 0 Å². The average molecular weight is 282 g/mol. The molecular weight excluding hydrogens is 268 g/mol. The maximum absolute atomic E-state index is 12.3. The van der Waals surface area contributed by atoms with E-state index in [2.05, 4.69) is 15.1 Å². The second-order valence-corrected chi connectivity index (χ2v) is 4.64. The van der Waals surface area contributed by atoms with Crippen molar-refractivity contribution < 1.29 is 9.32 Å². The van der Waals surface area contributed by atoms with Gasteiger partial charge in [-0.3, -0.25) is 4.79 Å². The standard InChI is InChI=1S/C15H14N4O2/c1-19(10-14-16-7-8-17-14)15(20)12-9-13(21-18-12)11-5-3-2-4-6-11/h2-9H,10H2,1H3,(H,16,17). The summed E-state index contributed by atoms with van der Waals surface area (Å²) in [5, 5.41) is 3.85. The number of aromatic amines is 1. The third kappa shape index (κ3) is 2.84. The fourth-order valence-electron chi connectivity index (χ4n) is 1.99. The molecule has 0 aliphatic heterocycles. The normalized spacial score (nSPS) is 10.5. The average Bonchev–Trinajstić information content (AvgIpc) is 3.18. The van der Waals surface area contributed by atoms with Crippen molar-refractivity contribution in [2.45, 2.75) is 6.54 Å². The number of rotatable bonds is 4. The molecule has 106 valence electrons. The summed E-state index contributed by atoms with van der Waals surface area (Å²) in [4.78, 5) is 20.9. The first-order chi connectivity index (χ1) is 10.2. The van der Waals surface area contributed by atoms with Crippen LogP contribution < -0.4 is 0 Å². The van der Waals surface area contributed by atoms with E-state index in [1.807, 2.05) is 30.3 Å². The molecule has 0 unspecified atom stereocenters. The van der Waals surface area contributed by atoms with Crippen LogP contribution >= 0.6 is 0 Å². The Morgan fingerprint density at radius 3 is 2.86 bits per heavy atom. The van der Waals surface area contributed by atoms with Gasteiger partial charge in [-0.15, -0.1) is 0 Å². The van der Waals surface area contributed by atoms with Crippen molar-refractivity contribution in [3.63, 3.8) is 0 Å². The molecule has 3 aromatic rings. The van der Waals surface area contributed by atoms with Crippen LogP contribution in [-0.2, 0) is 6.54 Å². The van der Waals surface area contributed by atoms with Crippen molar-refractivity contribution in [2.24, 2.45) is 0 Å². The van der Waals surface area contributed by atoms with Crippen LogP contribution in [0.3, 0.4) is 0 Å². The number of aromatic nitrogens is 3. The quantitative estimate of drug-likeness (QED) is 0.797. The highest BCUT2D eigenvalue weighted by Crippen LogP contribution is 2.20. The maximum Gasteiger partial charge on any atom is 0.276 e. The fraction of sp³-hybridized carbons (Fsp3) is 0.133. The lowest BCUT2D eigenvalue weighted by atomic mass is 10.1. The molecule has 0 aliphatic rings. The minimum absolute atomic E-state index is 0.211. The number of H-pyrrole nitrogens is 1. The van der Waals surface area contributed by atoms with E-state index in [4.69, 9.17) is 4.52 Å². The van der Waals surface area contributed by atoms with E-state index in [0.29, 0.717) is 12.3 Å². The number of nitrogens with one attached hydrogen (secondary N) is 1. The summed E-state index contributed by atoms with van der Waals surface area (Å²) in [6, 6.07) is 11.2. The van der Waals surface area contributed by atoms with Crippen molar-refractivity contribution >= 4 is 5.91 Å². The Morgan fingerprint density at radius 2 is 2.14 bits per heavy atom. The molecule has 0 saturated carbocycles. The van der Waals surface area contributed by atoms with Crippen molar-refractivity contribution in [2.75, 3.05) is 7.05 Å². The molecule has 1 N–H and O–H groups in total. The Hall–Kier alpha value is -2.89. The molecule has 0 saturated heterocycles. The molecule has 0 aliphatic carbocycles. The van der Waals surface area contributed by atoms with Crippen molar-refractivity contribution in [1.82, 2.24) is 20.0 Å².